The lowest BCUT2D eigenvalue weighted by molar-refractivity contribution is -0.139. The van der Waals surface area contributed by atoms with E-state index in [4.69, 9.17) is 9.47 Å². The molecular weight excluding hydrogens is 256 g/mol. The average molecular weight is 278 g/mol. The van der Waals surface area contributed by atoms with Crippen molar-refractivity contribution in [2.45, 2.75) is 40.5 Å². The normalized spacial score (nSPS) is 27.7. The van der Waals surface area contributed by atoms with Crippen LogP contribution in [0.5, 0.6) is 0 Å². The first-order valence-electron chi connectivity index (χ1n) is 6.55. The van der Waals surface area contributed by atoms with E-state index in [1.54, 1.807) is 0 Å². The molecule has 0 radical (unpaired) electrons. The number of hydrogen-bond acceptors (Lipinski definition) is 4. The second kappa shape index (κ2) is 6.55. The molecule has 0 fully saturated rings. The highest BCUT2D eigenvalue weighted by Crippen LogP contribution is 2.32. The highest BCUT2D eigenvalue weighted by atomic mass is 16.5. The lowest BCUT2D eigenvalue weighted by Crippen LogP contribution is -2.19. The van der Waals surface area contributed by atoms with Crippen LogP contribution in [-0.2, 0) is 19.1 Å². The fraction of sp³-hybridized carbons (Fsp3) is 0.500. The van der Waals surface area contributed by atoms with Crippen LogP contribution in [-0.4, -0.2) is 26.2 Å². The quantitative estimate of drug-likeness (QED) is 0.575. The Morgan fingerprint density at radius 3 is 1.25 bits per heavy atom. The van der Waals surface area contributed by atoms with Crippen LogP contribution in [0, 0.1) is 0 Å². The maximum atomic E-state index is 12.1. The SMILES string of the molecule is COC(=O)C1=C(\C)C/C(C)=C(/C)C/C(C)=C\1C(=O)OC. The third kappa shape index (κ3) is 3.18. The Morgan fingerprint density at radius 1 is 0.700 bits per heavy atom. The second-order valence-electron chi connectivity index (χ2n) is 5.21. The summed E-state index contributed by atoms with van der Waals surface area (Å²) in [5.41, 5.74) is 4.76. The standard InChI is InChI=1S/C16H22O4/c1-9-7-11(3)13(15(17)19-5)14(16(18)20-6)12(4)8-10(9)2/h7-8H2,1-6H3/b10-9-,13-11+,14-12+. The second-order valence-corrected chi connectivity index (χ2v) is 5.21. The zero-order chi connectivity index (χ0) is 15.4. The number of hydrogen-bond donors (Lipinski definition) is 0. The summed E-state index contributed by atoms with van der Waals surface area (Å²) < 4.78 is 9.67. The van der Waals surface area contributed by atoms with E-state index in [0.717, 1.165) is 11.1 Å². The Hall–Kier alpha value is -1.84. The molecule has 1 aliphatic rings. The van der Waals surface area contributed by atoms with Crippen molar-refractivity contribution in [1.29, 1.82) is 0 Å². The van der Waals surface area contributed by atoms with Gasteiger partial charge in [-0.2, -0.15) is 0 Å². The van der Waals surface area contributed by atoms with Gasteiger partial charge in [-0.3, -0.25) is 0 Å². The van der Waals surface area contributed by atoms with Crippen LogP contribution in [0.1, 0.15) is 40.5 Å². The molecule has 20 heavy (non-hydrogen) atoms. The molecule has 0 amide bonds. The molecule has 0 aliphatic heterocycles. The summed E-state index contributed by atoms with van der Waals surface area (Å²) in [4.78, 5) is 24.1. The number of allylic oxidation sites excluding steroid dienone is 4. The molecule has 1 aliphatic carbocycles. The molecule has 0 aromatic rings. The van der Waals surface area contributed by atoms with Gasteiger partial charge >= 0.3 is 11.9 Å². The predicted octanol–water partition coefficient (Wildman–Crippen LogP) is 3.10. The van der Waals surface area contributed by atoms with Crippen LogP contribution < -0.4 is 0 Å². The molecule has 1 rings (SSSR count). The summed E-state index contributed by atoms with van der Waals surface area (Å²) in [6, 6.07) is 0. The van der Waals surface area contributed by atoms with Gasteiger partial charge in [0.15, 0.2) is 0 Å². The average Bonchev–Trinajstić information content (AvgIpc) is 2.41. The minimum absolute atomic E-state index is 0.337. The van der Waals surface area contributed by atoms with Gasteiger partial charge in [0.2, 0.25) is 0 Å². The fourth-order valence-corrected chi connectivity index (χ4v) is 2.46. The van der Waals surface area contributed by atoms with Crippen molar-refractivity contribution in [3.63, 3.8) is 0 Å². The largest absolute Gasteiger partial charge is 0.465 e. The van der Waals surface area contributed by atoms with Gasteiger partial charge in [0.1, 0.15) is 0 Å². The summed E-state index contributed by atoms with van der Waals surface area (Å²) in [6.45, 7) is 7.80. The molecule has 110 valence electrons. The molecule has 0 aromatic heterocycles. The third-order valence-corrected chi connectivity index (χ3v) is 3.67. The Kier molecular flexibility index (Phi) is 5.31. The first-order valence-corrected chi connectivity index (χ1v) is 6.55. The maximum Gasteiger partial charge on any atom is 0.338 e. The van der Waals surface area contributed by atoms with Crippen LogP contribution in [0.4, 0.5) is 0 Å². The minimum Gasteiger partial charge on any atom is -0.465 e. The smallest absolute Gasteiger partial charge is 0.338 e. The van der Waals surface area contributed by atoms with Crippen LogP contribution >= 0.6 is 0 Å². The first kappa shape index (κ1) is 16.2. The van der Waals surface area contributed by atoms with E-state index in [9.17, 15) is 9.59 Å². The molecule has 0 saturated heterocycles. The molecule has 0 unspecified atom stereocenters. The van der Waals surface area contributed by atoms with Gasteiger partial charge in [-0.05, 0) is 40.5 Å². The van der Waals surface area contributed by atoms with Crippen molar-refractivity contribution >= 4 is 11.9 Å². The third-order valence-electron chi connectivity index (χ3n) is 3.67. The summed E-state index contributed by atoms with van der Waals surface area (Å²) in [7, 11) is 2.64. The molecule has 0 aromatic carbocycles. The van der Waals surface area contributed by atoms with Crippen molar-refractivity contribution in [3.8, 4) is 0 Å². The number of rotatable bonds is 2. The zero-order valence-corrected chi connectivity index (χ0v) is 13.0. The van der Waals surface area contributed by atoms with Crippen LogP contribution in [0.25, 0.3) is 0 Å². The lowest BCUT2D eigenvalue weighted by atomic mass is 9.86. The molecule has 4 nitrogen and oxygen atoms in total. The van der Waals surface area contributed by atoms with Gasteiger partial charge in [-0.1, -0.05) is 22.3 Å². The van der Waals surface area contributed by atoms with Crippen molar-refractivity contribution < 1.29 is 19.1 Å². The van der Waals surface area contributed by atoms with Gasteiger partial charge in [-0.15, -0.1) is 0 Å². The van der Waals surface area contributed by atoms with E-state index >= 15 is 0 Å². The van der Waals surface area contributed by atoms with Crippen molar-refractivity contribution in [1.82, 2.24) is 0 Å². The van der Waals surface area contributed by atoms with E-state index in [2.05, 4.69) is 0 Å². The molecular formula is C16H22O4. The van der Waals surface area contributed by atoms with Gasteiger partial charge in [0, 0.05) is 0 Å². The Bertz CT molecular complexity index is 485. The van der Waals surface area contributed by atoms with Crippen LogP contribution in [0.15, 0.2) is 33.4 Å². The van der Waals surface area contributed by atoms with E-state index in [1.165, 1.54) is 25.4 Å². The fourth-order valence-electron chi connectivity index (χ4n) is 2.46. The summed E-state index contributed by atoms with van der Waals surface area (Å²) >= 11 is 0. The Morgan fingerprint density at radius 2 is 1.00 bits per heavy atom. The topological polar surface area (TPSA) is 52.6 Å². The summed E-state index contributed by atoms with van der Waals surface area (Å²) in [5, 5.41) is 0. The number of methoxy groups -OCH3 is 2. The van der Waals surface area contributed by atoms with Crippen LogP contribution in [0.2, 0.25) is 0 Å². The highest BCUT2D eigenvalue weighted by molar-refractivity contribution is 6.08. The molecule has 0 spiro atoms. The Labute approximate surface area is 120 Å². The number of esters is 2. The maximum absolute atomic E-state index is 12.1. The molecule has 0 heterocycles. The molecule has 0 saturated carbocycles. The van der Waals surface area contributed by atoms with E-state index in [1.807, 2.05) is 27.7 Å². The zero-order valence-electron chi connectivity index (χ0n) is 13.0. The first-order chi connectivity index (χ1) is 9.33. The monoisotopic (exact) mass is 278 g/mol. The highest BCUT2D eigenvalue weighted by Gasteiger charge is 2.28. The number of ether oxygens (including phenoxy) is 2. The van der Waals surface area contributed by atoms with Gasteiger partial charge in [-0.25, -0.2) is 9.59 Å². The Balaban J connectivity index is 3.59. The van der Waals surface area contributed by atoms with Gasteiger partial charge in [0.25, 0.3) is 0 Å². The van der Waals surface area contributed by atoms with Gasteiger partial charge < -0.3 is 9.47 Å². The number of carbonyl (C=O) groups is 2. The summed E-state index contributed by atoms with van der Waals surface area (Å²) in [6.07, 6.45) is 1.31. The summed E-state index contributed by atoms with van der Waals surface area (Å²) in [5.74, 6) is -0.982. The molecule has 0 bridgehead atoms. The van der Waals surface area contributed by atoms with Gasteiger partial charge in [0.05, 0.1) is 25.4 Å². The van der Waals surface area contributed by atoms with Crippen molar-refractivity contribution in [2.75, 3.05) is 14.2 Å². The van der Waals surface area contributed by atoms with Crippen molar-refractivity contribution in [3.05, 3.63) is 33.4 Å². The van der Waals surface area contributed by atoms with E-state index < -0.39 is 11.9 Å². The minimum atomic E-state index is -0.491. The predicted molar refractivity (Wildman–Crippen MR) is 77.0 cm³/mol. The molecule has 4 heteroatoms. The van der Waals surface area contributed by atoms with E-state index in [0.29, 0.717) is 24.0 Å². The van der Waals surface area contributed by atoms with Crippen LogP contribution in [0.3, 0.4) is 0 Å². The van der Waals surface area contributed by atoms with E-state index in [-0.39, 0.29) is 0 Å². The number of carbonyl (C=O) groups excluding carboxylic acids is 2. The molecule has 0 N–H and O–H groups in total. The molecule has 0 atom stereocenters. The lowest BCUT2D eigenvalue weighted by Gasteiger charge is -2.20. The van der Waals surface area contributed by atoms with Crippen molar-refractivity contribution in [2.24, 2.45) is 0 Å².